The van der Waals surface area contributed by atoms with E-state index in [9.17, 15) is 4.79 Å². The molecule has 0 saturated carbocycles. The fourth-order valence-corrected chi connectivity index (χ4v) is 2.91. The largest absolute Gasteiger partial charge is 0.399 e. The Balaban J connectivity index is 1.63. The fourth-order valence-electron chi connectivity index (χ4n) is 1.98. The number of aryl methyl sites for hydroxylation is 2. The molecule has 2 heterocycles. The lowest BCUT2D eigenvalue weighted by molar-refractivity contribution is -0.116. The Kier molecular flexibility index (Phi) is 3.57. The van der Waals surface area contributed by atoms with Crippen LogP contribution in [0.4, 0.5) is 10.8 Å². The monoisotopic (exact) mass is 301 g/mol. The molecule has 0 aliphatic heterocycles. The van der Waals surface area contributed by atoms with Crippen molar-refractivity contribution >= 4 is 38.3 Å². The highest BCUT2D eigenvalue weighted by Crippen LogP contribution is 2.27. The van der Waals surface area contributed by atoms with Gasteiger partial charge in [-0.1, -0.05) is 11.3 Å². The van der Waals surface area contributed by atoms with Gasteiger partial charge in [0.25, 0.3) is 0 Å². The highest BCUT2D eigenvalue weighted by atomic mass is 32.1. The van der Waals surface area contributed by atoms with E-state index in [0.29, 0.717) is 23.8 Å². The topological polar surface area (TPSA) is 85.8 Å². The summed E-state index contributed by atoms with van der Waals surface area (Å²) in [6.07, 6.45) is 4.04. The van der Waals surface area contributed by atoms with Crippen molar-refractivity contribution in [2.45, 2.75) is 19.9 Å². The maximum Gasteiger partial charge on any atom is 0.228 e. The normalized spacial score (nSPS) is 10.9. The Morgan fingerprint density at radius 2 is 2.33 bits per heavy atom. The number of hydrogen-bond donors (Lipinski definition) is 2. The van der Waals surface area contributed by atoms with Crippen molar-refractivity contribution in [1.82, 2.24) is 14.8 Å². The number of nitrogens with zero attached hydrogens (tertiary/aromatic N) is 3. The zero-order valence-electron chi connectivity index (χ0n) is 11.5. The van der Waals surface area contributed by atoms with Crippen molar-refractivity contribution < 1.29 is 4.79 Å². The molecule has 0 fully saturated rings. The smallest absolute Gasteiger partial charge is 0.228 e. The van der Waals surface area contributed by atoms with Crippen LogP contribution in [0, 0.1) is 6.92 Å². The fraction of sp³-hybridized carbons (Fsp3) is 0.214. The van der Waals surface area contributed by atoms with Crippen LogP contribution in [-0.4, -0.2) is 20.7 Å². The summed E-state index contributed by atoms with van der Waals surface area (Å²) in [5.74, 6) is -0.0739. The van der Waals surface area contributed by atoms with E-state index in [1.54, 1.807) is 16.9 Å². The van der Waals surface area contributed by atoms with Gasteiger partial charge < -0.3 is 11.1 Å². The van der Waals surface area contributed by atoms with Crippen LogP contribution in [-0.2, 0) is 11.3 Å². The Hall–Kier alpha value is -2.41. The molecule has 6 nitrogen and oxygen atoms in total. The minimum Gasteiger partial charge on any atom is -0.399 e. The number of hydrogen-bond acceptors (Lipinski definition) is 5. The molecule has 2 aromatic heterocycles. The lowest BCUT2D eigenvalue weighted by Crippen LogP contribution is -2.14. The molecule has 108 valence electrons. The van der Waals surface area contributed by atoms with Gasteiger partial charge in [0.1, 0.15) is 0 Å². The van der Waals surface area contributed by atoms with Gasteiger partial charge in [0.05, 0.1) is 16.4 Å². The van der Waals surface area contributed by atoms with Gasteiger partial charge in [-0.25, -0.2) is 4.98 Å². The second-order valence-corrected chi connectivity index (χ2v) is 5.86. The SMILES string of the molecule is Cc1cnn(CCC(=O)Nc2nc3ccc(N)cc3s2)c1. The molecule has 0 unspecified atom stereocenters. The average molecular weight is 301 g/mol. The number of rotatable bonds is 4. The second kappa shape index (κ2) is 5.53. The number of carbonyl (C=O) groups excluding carboxylic acids is 1. The third kappa shape index (κ3) is 3.19. The third-order valence-corrected chi connectivity index (χ3v) is 3.92. The molecule has 0 radical (unpaired) electrons. The lowest BCUT2D eigenvalue weighted by atomic mass is 10.3. The summed E-state index contributed by atoms with van der Waals surface area (Å²) in [5, 5.41) is 7.56. The predicted octanol–water partition coefficient (Wildman–Crippen LogP) is 2.41. The van der Waals surface area contributed by atoms with E-state index in [0.717, 1.165) is 15.8 Å². The van der Waals surface area contributed by atoms with Gasteiger partial charge in [0.15, 0.2) is 5.13 Å². The maximum absolute atomic E-state index is 11.9. The summed E-state index contributed by atoms with van der Waals surface area (Å²) in [6, 6.07) is 5.51. The van der Waals surface area contributed by atoms with Gasteiger partial charge in [-0.2, -0.15) is 5.10 Å². The first-order valence-corrected chi connectivity index (χ1v) is 7.37. The molecule has 3 N–H and O–H groups in total. The minimum absolute atomic E-state index is 0.0739. The number of benzene rings is 1. The van der Waals surface area contributed by atoms with E-state index >= 15 is 0 Å². The zero-order chi connectivity index (χ0) is 14.8. The van der Waals surface area contributed by atoms with E-state index in [-0.39, 0.29) is 5.91 Å². The molecule has 0 spiro atoms. The first-order valence-electron chi connectivity index (χ1n) is 6.55. The highest BCUT2D eigenvalue weighted by molar-refractivity contribution is 7.22. The first-order chi connectivity index (χ1) is 10.1. The molecule has 3 rings (SSSR count). The molecular weight excluding hydrogens is 286 g/mol. The number of thiazole rings is 1. The van der Waals surface area contributed by atoms with E-state index in [2.05, 4.69) is 15.4 Å². The number of carbonyl (C=O) groups is 1. The number of nitrogens with one attached hydrogen (secondary N) is 1. The van der Waals surface area contributed by atoms with Crippen LogP contribution in [0.15, 0.2) is 30.6 Å². The van der Waals surface area contributed by atoms with Crippen molar-refractivity contribution in [2.75, 3.05) is 11.1 Å². The van der Waals surface area contributed by atoms with Gasteiger partial charge in [0.2, 0.25) is 5.91 Å². The van der Waals surface area contributed by atoms with Gasteiger partial charge in [-0.3, -0.25) is 9.48 Å². The van der Waals surface area contributed by atoms with E-state index < -0.39 is 0 Å². The quantitative estimate of drug-likeness (QED) is 0.725. The maximum atomic E-state index is 11.9. The number of fused-ring (bicyclic) bond motifs is 1. The molecule has 1 amide bonds. The van der Waals surface area contributed by atoms with Crippen molar-refractivity contribution in [1.29, 1.82) is 0 Å². The summed E-state index contributed by atoms with van der Waals surface area (Å²) in [7, 11) is 0. The van der Waals surface area contributed by atoms with Crippen LogP contribution in [0.3, 0.4) is 0 Å². The van der Waals surface area contributed by atoms with Crippen LogP contribution >= 0.6 is 11.3 Å². The summed E-state index contributed by atoms with van der Waals surface area (Å²) < 4.78 is 2.72. The zero-order valence-corrected chi connectivity index (χ0v) is 12.4. The Bertz CT molecular complexity index is 792. The highest BCUT2D eigenvalue weighted by Gasteiger charge is 2.08. The van der Waals surface area contributed by atoms with E-state index in [1.807, 2.05) is 25.3 Å². The molecule has 7 heteroatoms. The Morgan fingerprint density at radius 3 is 3.10 bits per heavy atom. The van der Waals surface area contributed by atoms with E-state index in [4.69, 9.17) is 5.73 Å². The Morgan fingerprint density at radius 1 is 1.48 bits per heavy atom. The molecule has 21 heavy (non-hydrogen) atoms. The standard InChI is InChI=1S/C14H15N5OS/c1-9-7-16-19(8-9)5-4-13(20)18-14-17-11-3-2-10(15)6-12(11)21-14/h2-3,6-8H,4-5,15H2,1H3,(H,17,18,20). The second-order valence-electron chi connectivity index (χ2n) is 4.83. The van der Waals surface area contributed by atoms with Crippen LogP contribution in [0.25, 0.3) is 10.2 Å². The number of amides is 1. The molecule has 0 atom stereocenters. The molecule has 0 aliphatic rings. The molecule has 0 aliphatic carbocycles. The van der Waals surface area contributed by atoms with Gasteiger partial charge in [-0.15, -0.1) is 0 Å². The van der Waals surface area contributed by atoms with Gasteiger partial charge in [0, 0.05) is 24.8 Å². The average Bonchev–Trinajstić information content (AvgIpc) is 3.01. The van der Waals surface area contributed by atoms with Gasteiger partial charge in [-0.05, 0) is 30.7 Å². The summed E-state index contributed by atoms with van der Waals surface area (Å²) in [4.78, 5) is 16.3. The Labute approximate surface area is 125 Å². The van der Waals surface area contributed by atoms with Crippen LogP contribution < -0.4 is 11.1 Å². The molecule has 0 bridgehead atoms. The molecule has 1 aromatic carbocycles. The number of nitrogen functional groups attached to an aromatic ring is 1. The first kappa shape index (κ1) is 13.6. The number of aromatic nitrogens is 3. The predicted molar refractivity (Wildman–Crippen MR) is 84.2 cm³/mol. The lowest BCUT2D eigenvalue weighted by Gasteiger charge is -2.01. The van der Waals surface area contributed by atoms with Gasteiger partial charge >= 0.3 is 0 Å². The number of nitrogens with two attached hydrogens (primary N) is 1. The summed E-state index contributed by atoms with van der Waals surface area (Å²) >= 11 is 1.42. The molecule has 0 saturated heterocycles. The molecule has 3 aromatic rings. The van der Waals surface area contributed by atoms with Crippen LogP contribution in [0.5, 0.6) is 0 Å². The third-order valence-electron chi connectivity index (χ3n) is 2.99. The van der Waals surface area contributed by atoms with Crippen LogP contribution in [0.2, 0.25) is 0 Å². The minimum atomic E-state index is -0.0739. The van der Waals surface area contributed by atoms with Crippen LogP contribution in [0.1, 0.15) is 12.0 Å². The summed E-state index contributed by atoms with van der Waals surface area (Å²) in [5.41, 5.74) is 8.35. The van der Waals surface area contributed by atoms with Crippen molar-refractivity contribution in [3.8, 4) is 0 Å². The van der Waals surface area contributed by atoms with E-state index in [1.165, 1.54) is 11.3 Å². The van der Waals surface area contributed by atoms with Crippen molar-refractivity contribution in [3.05, 3.63) is 36.2 Å². The van der Waals surface area contributed by atoms with Crippen molar-refractivity contribution in [2.24, 2.45) is 0 Å². The summed E-state index contributed by atoms with van der Waals surface area (Å²) in [6.45, 7) is 2.52. The van der Waals surface area contributed by atoms with Crippen molar-refractivity contribution in [3.63, 3.8) is 0 Å². The molecular formula is C14H15N5OS. The number of anilines is 2.